The summed E-state index contributed by atoms with van der Waals surface area (Å²) in [7, 11) is 3.64. The van der Waals surface area contributed by atoms with Crippen molar-refractivity contribution in [2.24, 2.45) is 5.84 Å². The van der Waals surface area contributed by atoms with Gasteiger partial charge in [-0.2, -0.15) is 0 Å². The minimum atomic E-state index is 0.614. The van der Waals surface area contributed by atoms with Gasteiger partial charge in [0.25, 0.3) is 0 Å². The Balaban J connectivity index is 3.16. The van der Waals surface area contributed by atoms with Crippen LogP contribution in [0.3, 0.4) is 0 Å². The lowest BCUT2D eigenvalue weighted by atomic mass is 10.9. The summed E-state index contributed by atoms with van der Waals surface area (Å²) in [6.07, 6.45) is 1.67. The van der Waals surface area contributed by atoms with Crippen LogP contribution in [0.2, 0.25) is 0 Å². The molecule has 0 spiro atoms. The first kappa shape index (κ1) is 8.42. The summed E-state index contributed by atoms with van der Waals surface area (Å²) in [5.74, 6) is 5.31. The SMILES string of the molecule is C=CN(C)NCN(C)N. The van der Waals surface area contributed by atoms with Gasteiger partial charge in [0.2, 0.25) is 0 Å². The third-order valence-electron chi connectivity index (χ3n) is 0.843. The lowest BCUT2D eigenvalue weighted by Gasteiger charge is -2.17. The zero-order chi connectivity index (χ0) is 7.28. The molecule has 0 heterocycles. The Kier molecular flexibility index (Phi) is 4.04. The van der Waals surface area contributed by atoms with Crippen molar-refractivity contribution in [1.82, 2.24) is 15.4 Å². The van der Waals surface area contributed by atoms with Gasteiger partial charge in [-0.15, -0.1) is 0 Å². The van der Waals surface area contributed by atoms with E-state index in [1.54, 1.807) is 23.3 Å². The van der Waals surface area contributed by atoms with Crippen molar-refractivity contribution in [3.05, 3.63) is 12.8 Å². The second kappa shape index (κ2) is 4.31. The van der Waals surface area contributed by atoms with Gasteiger partial charge in [0.05, 0.1) is 6.67 Å². The number of hydrogen-bond acceptors (Lipinski definition) is 4. The predicted octanol–water partition coefficient (Wildman–Crippen LogP) is -0.671. The summed E-state index contributed by atoms with van der Waals surface area (Å²) in [5.41, 5.74) is 2.95. The lowest BCUT2D eigenvalue weighted by Crippen LogP contribution is -2.41. The Labute approximate surface area is 55.9 Å². The zero-order valence-corrected chi connectivity index (χ0v) is 5.96. The van der Waals surface area contributed by atoms with Crippen molar-refractivity contribution in [2.75, 3.05) is 20.8 Å². The van der Waals surface area contributed by atoms with Crippen LogP contribution in [0.4, 0.5) is 0 Å². The molecule has 3 N–H and O–H groups in total. The monoisotopic (exact) mass is 130 g/mol. The maximum atomic E-state index is 5.31. The molecule has 0 atom stereocenters. The van der Waals surface area contributed by atoms with E-state index in [0.29, 0.717) is 6.67 Å². The second-order valence-electron chi connectivity index (χ2n) is 1.87. The maximum absolute atomic E-state index is 5.31. The normalized spacial score (nSPS) is 9.78. The molecule has 0 aromatic rings. The summed E-state index contributed by atoms with van der Waals surface area (Å²) in [5, 5.41) is 3.28. The molecule has 0 amide bonds. The largest absolute Gasteiger partial charge is 0.318 e. The van der Waals surface area contributed by atoms with Crippen molar-refractivity contribution in [2.45, 2.75) is 0 Å². The summed E-state index contributed by atoms with van der Waals surface area (Å²) in [4.78, 5) is 0. The number of nitrogens with zero attached hydrogens (tertiary/aromatic N) is 2. The summed E-state index contributed by atoms with van der Waals surface area (Å²) in [6, 6.07) is 0. The van der Waals surface area contributed by atoms with Gasteiger partial charge in [-0.3, -0.25) is 5.84 Å². The Morgan fingerprint density at radius 2 is 2.22 bits per heavy atom. The molecule has 4 heteroatoms. The second-order valence-corrected chi connectivity index (χ2v) is 1.87. The molecule has 0 saturated carbocycles. The Bertz CT molecular complexity index is 81.0. The number of hydrogen-bond donors (Lipinski definition) is 2. The van der Waals surface area contributed by atoms with Gasteiger partial charge in [-0.1, -0.05) is 6.58 Å². The van der Waals surface area contributed by atoms with Crippen molar-refractivity contribution in [1.29, 1.82) is 0 Å². The molecule has 0 saturated heterocycles. The fraction of sp³-hybridized carbons (Fsp3) is 0.600. The van der Waals surface area contributed by atoms with Crippen LogP contribution in [0.15, 0.2) is 12.8 Å². The fourth-order valence-electron chi connectivity index (χ4n) is 0.288. The number of nitrogens with two attached hydrogens (primary N) is 1. The first-order valence-electron chi connectivity index (χ1n) is 2.71. The van der Waals surface area contributed by atoms with E-state index in [1.165, 1.54) is 0 Å². The molecule has 0 rings (SSSR count). The predicted molar refractivity (Wildman–Crippen MR) is 37.9 cm³/mol. The van der Waals surface area contributed by atoms with Gasteiger partial charge in [0.1, 0.15) is 0 Å². The van der Waals surface area contributed by atoms with E-state index in [-0.39, 0.29) is 0 Å². The molecule has 9 heavy (non-hydrogen) atoms. The quantitative estimate of drug-likeness (QED) is 0.301. The average Bonchev–Trinajstić information content (AvgIpc) is 1.83. The summed E-state index contributed by atoms with van der Waals surface area (Å²) < 4.78 is 0. The van der Waals surface area contributed by atoms with Gasteiger partial charge in [0, 0.05) is 20.3 Å². The van der Waals surface area contributed by atoms with E-state index in [4.69, 9.17) is 5.84 Å². The highest BCUT2D eigenvalue weighted by Gasteiger charge is 1.88. The molecule has 0 unspecified atom stereocenters. The van der Waals surface area contributed by atoms with Crippen LogP contribution >= 0.6 is 0 Å². The number of hydrazine groups is 2. The standard InChI is InChI=1S/C5H14N4/c1-4-9(3)7-5-8(2)6/h4,7H,1,5-6H2,2-3H3. The van der Waals surface area contributed by atoms with E-state index >= 15 is 0 Å². The smallest absolute Gasteiger partial charge is 0.0795 e. The van der Waals surface area contributed by atoms with Crippen LogP contribution in [0.1, 0.15) is 0 Å². The van der Waals surface area contributed by atoms with Crippen LogP contribution in [0.25, 0.3) is 0 Å². The third-order valence-corrected chi connectivity index (χ3v) is 0.843. The molecule has 0 aromatic carbocycles. The highest BCUT2D eigenvalue weighted by atomic mass is 15.6. The molecule has 0 aliphatic carbocycles. The molecule has 0 aromatic heterocycles. The van der Waals surface area contributed by atoms with Crippen LogP contribution in [0.5, 0.6) is 0 Å². The van der Waals surface area contributed by atoms with E-state index in [0.717, 1.165) is 0 Å². The average molecular weight is 130 g/mol. The first-order chi connectivity index (χ1) is 4.16. The first-order valence-corrected chi connectivity index (χ1v) is 2.71. The molecule has 54 valence electrons. The van der Waals surface area contributed by atoms with Crippen LogP contribution in [-0.2, 0) is 0 Å². The Hall–Kier alpha value is -0.580. The summed E-state index contributed by atoms with van der Waals surface area (Å²) in [6.45, 7) is 4.16. The van der Waals surface area contributed by atoms with Crippen LogP contribution in [0, 0.1) is 0 Å². The maximum Gasteiger partial charge on any atom is 0.0795 e. The molecular weight excluding hydrogens is 116 g/mol. The lowest BCUT2D eigenvalue weighted by molar-refractivity contribution is 0.220. The van der Waals surface area contributed by atoms with Crippen molar-refractivity contribution >= 4 is 0 Å². The van der Waals surface area contributed by atoms with E-state index in [1.807, 2.05) is 7.05 Å². The topological polar surface area (TPSA) is 44.5 Å². The Morgan fingerprint density at radius 3 is 2.56 bits per heavy atom. The molecule has 0 aliphatic heterocycles. The van der Waals surface area contributed by atoms with Gasteiger partial charge in [-0.05, 0) is 0 Å². The van der Waals surface area contributed by atoms with Gasteiger partial charge >= 0.3 is 0 Å². The fourth-order valence-corrected chi connectivity index (χ4v) is 0.288. The van der Waals surface area contributed by atoms with E-state index in [2.05, 4.69) is 12.0 Å². The van der Waals surface area contributed by atoms with Crippen LogP contribution < -0.4 is 11.3 Å². The molecule has 4 nitrogen and oxygen atoms in total. The Morgan fingerprint density at radius 1 is 1.67 bits per heavy atom. The van der Waals surface area contributed by atoms with Gasteiger partial charge < -0.3 is 5.01 Å². The van der Waals surface area contributed by atoms with E-state index in [9.17, 15) is 0 Å². The van der Waals surface area contributed by atoms with Crippen molar-refractivity contribution < 1.29 is 0 Å². The molecule has 0 aliphatic rings. The zero-order valence-electron chi connectivity index (χ0n) is 5.96. The minimum absolute atomic E-state index is 0.614. The van der Waals surface area contributed by atoms with Gasteiger partial charge in [0.15, 0.2) is 0 Å². The van der Waals surface area contributed by atoms with Gasteiger partial charge in [-0.25, -0.2) is 10.4 Å². The number of rotatable bonds is 4. The minimum Gasteiger partial charge on any atom is -0.318 e. The highest BCUT2D eigenvalue weighted by molar-refractivity contribution is 4.60. The molecular formula is C5H14N4. The number of nitrogens with one attached hydrogen (secondary N) is 1. The van der Waals surface area contributed by atoms with E-state index < -0.39 is 0 Å². The molecule has 0 radical (unpaired) electrons. The summed E-state index contributed by atoms with van der Waals surface area (Å²) >= 11 is 0. The third kappa shape index (κ3) is 5.29. The van der Waals surface area contributed by atoms with Crippen LogP contribution in [-0.4, -0.2) is 30.8 Å². The highest BCUT2D eigenvalue weighted by Crippen LogP contribution is 1.71. The van der Waals surface area contributed by atoms with Crippen molar-refractivity contribution in [3.63, 3.8) is 0 Å². The molecule has 0 bridgehead atoms. The van der Waals surface area contributed by atoms with Crippen molar-refractivity contribution in [3.8, 4) is 0 Å². The molecule has 0 fully saturated rings.